The van der Waals surface area contributed by atoms with Crippen molar-refractivity contribution in [1.82, 2.24) is 20.1 Å². The number of hydrogen-bond donors (Lipinski definition) is 2. The van der Waals surface area contributed by atoms with Crippen molar-refractivity contribution in [3.8, 4) is 5.82 Å². The fourth-order valence-corrected chi connectivity index (χ4v) is 2.11. The van der Waals surface area contributed by atoms with Crippen LogP contribution in [0.15, 0.2) is 18.2 Å². The summed E-state index contributed by atoms with van der Waals surface area (Å²) in [6.07, 6.45) is 0. The van der Waals surface area contributed by atoms with Crippen LogP contribution in [0, 0.1) is 13.8 Å². The zero-order valence-electron chi connectivity index (χ0n) is 12.9. The summed E-state index contributed by atoms with van der Waals surface area (Å²) >= 11 is 5.96. The van der Waals surface area contributed by atoms with E-state index in [9.17, 15) is 14.4 Å². The molecule has 0 aliphatic rings. The van der Waals surface area contributed by atoms with E-state index >= 15 is 0 Å². The molecular weight excluding hydrogens is 338 g/mol. The number of carbonyl (C=O) groups excluding carboxylic acids is 3. The molecule has 3 amide bonds. The molecule has 0 fully saturated rings. The molecule has 2 rings (SSSR count). The second-order valence-electron chi connectivity index (χ2n) is 4.83. The highest BCUT2D eigenvalue weighted by atomic mass is 35.5. The van der Waals surface area contributed by atoms with E-state index < -0.39 is 24.5 Å². The topological polar surface area (TPSA) is 129 Å². The molecular formula is C14H14ClN5O4. The van der Waals surface area contributed by atoms with Crippen molar-refractivity contribution in [2.75, 3.05) is 6.61 Å². The summed E-state index contributed by atoms with van der Waals surface area (Å²) in [5.41, 5.74) is 6.22. The molecule has 0 radical (unpaired) electrons. The number of nitrogens with one attached hydrogen (secondary N) is 1. The van der Waals surface area contributed by atoms with E-state index in [4.69, 9.17) is 22.1 Å². The number of pyridine rings is 1. The third-order valence-electron chi connectivity index (χ3n) is 2.85. The summed E-state index contributed by atoms with van der Waals surface area (Å²) in [6.45, 7) is 2.97. The minimum atomic E-state index is -1.04. The Morgan fingerprint density at radius 3 is 2.62 bits per heavy atom. The monoisotopic (exact) mass is 351 g/mol. The number of esters is 1. The van der Waals surface area contributed by atoms with Crippen molar-refractivity contribution in [2.24, 2.45) is 5.73 Å². The number of primary amides is 1. The van der Waals surface area contributed by atoms with Gasteiger partial charge in [-0.15, -0.1) is 0 Å². The lowest BCUT2D eigenvalue weighted by Gasteiger charge is -2.08. The van der Waals surface area contributed by atoms with Gasteiger partial charge in [-0.3, -0.25) is 10.1 Å². The van der Waals surface area contributed by atoms with Crippen molar-refractivity contribution in [3.63, 3.8) is 0 Å². The average Bonchev–Trinajstić information content (AvgIpc) is 2.83. The Morgan fingerprint density at radius 1 is 1.33 bits per heavy atom. The lowest BCUT2D eigenvalue weighted by molar-refractivity contribution is -0.123. The third kappa shape index (κ3) is 4.07. The van der Waals surface area contributed by atoms with E-state index in [1.165, 1.54) is 6.07 Å². The van der Waals surface area contributed by atoms with Crippen LogP contribution in [0.1, 0.15) is 21.9 Å². The summed E-state index contributed by atoms with van der Waals surface area (Å²) in [5, 5.41) is 6.08. The van der Waals surface area contributed by atoms with Crippen LogP contribution in [0.5, 0.6) is 0 Å². The Bertz CT molecular complexity index is 817. The molecule has 10 heteroatoms. The van der Waals surface area contributed by atoms with E-state index in [0.29, 0.717) is 5.82 Å². The van der Waals surface area contributed by atoms with Crippen LogP contribution >= 0.6 is 11.6 Å². The Hall–Kier alpha value is -2.94. The minimum Gasteiger partial charge on any atom is -0.451 e. The first-order valence-electron chi connectivity index (χ1n) is 6.74. The van der Waals surface area contributed by atoms with Crippen LogP contribution in [0.3, 0.4) is 0 Å². The maximum Gasteiger partial charge on any atom is 0.359 e. The van der Waals surface area contributed by atoms with Gasteiger partial charge in [0.05, 0.1) is 10.7 Å². The van der Waals surface area contributed by atoms with Gasteiger partial charge in [-0.1, -0.05) is 11.6 Å². The summed E-state index contributed by atoms with van der Waals surface area (Å²) in [6, 6.07) is 3.88. The van der Waals surface area contributed by atoms with Crippen LogP contribution in [0.4, 0.5) is 4.79 Å². The summed E-state index contributed by atoms with van der Waals surface area (Å²) in [5.74, 6) is -1.40. The number of aromatic nitrogens is 3. The Balaban J connectivity index is 2.19. The van der Waals surface area contributed by atoms with E-state index in [-0.39, 0.29) is 10.7 Å². The van der Waals surface area contributed by atoms with Crippen molar-refractivity contribution in [2.45, 2.75) is 13.8 Å². The predicted molar refractivity (Wildman–Crippen MR) is 83.9 cm³/mol. The second-order valence-corrected chi connectivity index (χ2v) is 5.23. The van der Waals surface area contributed by atoms with E-state index in [1.807, 2.05) is 19.9 Å². The molecule has 24 heavy (non-hydrogen) atoms. The van der Waals surface area contributed by atoms with Gasteiger partial charge in [0.2, 0.25) is 0 Å². The van der Waals surface area contributed by atoms with Crippen molar-refractivity contribution >= 4 is 29.5 Å². The molecule has 9 nitrogen and oxygen atoms in total. The van der Waals surface area contributed by atoms with Gasteiger partial charge in [0.15, 0.2) is 18.1 Å². The number of ether oxygens (including phenoxy) is 1. The maximum absolute atomic E-state index is 12.0. The van der Waals surface area contributed by atoms with E-state index in [2.05, 4.69) is 10.1 Å². The highest BCUT2D eigenvalue weighted by molar-refractivity contribution is 6.33. The quantitative estimate of drug-likeness (QED) is 0.787. The number of imide groups is 1. The third-order valence-corrected chi connectivity index (χ3v) is 3.15. The molecule has 0 aliphatic heterocycles. The second kappa shape index (κ2) is 7.09. The lowest BCUT2D eigenvalue weighted by Crippen LogP contribution is -2.37. The van der Waals surface area contributed by atoms with Crippen molar-refractivity contribution < 1.29 is 19.1 Å². The van der Waals surface area contributed by atoms with E-state index in [1.54, 1.807) is 16.1 Å². The van der Waals surface area contributed by atoms with E-state index in [0.717, 1.165) is 11.4 Å². The number of rotatable bonds is 4. The molecule has 2 heterocycles. The first-order valence-corrected chi connectivity index (χ1v) is 7.12. The summed E-state index contributed by atoms with van der Waals surface area (Å²) < 4.78 is 6.31. The van der Waals surface area contributed by atoms with Crippen LogP contribution in [0.25, 0.3) is 5.82 Å². The summed E-state index contributed by atoms with van der Waals surface area (Å²) in [4.78, 5) is 37.9. The zero-order chi connectivity index (χ0) is 17.9. The van der Waals surface area contributed by atoms with Gasteiger partial charge in [0.25, 0.3) is 5.91 Å². The van der Waals surface area contributed by atoms with Crippen LogP contribution in [-0.4, -0.2) is 39.3 Å². The highest BCUT2D eigenvalue weighted by Gasteiger charge is 2.18. The Morgan fingerprint density at radius 2 is 2.04 bits per heavy atom. The van der Waals surface area contributed by atoms with Gasteiger partial charge >= 0.3 is 12.0 Å². The van der Waals surface area contributed by atoms with Gasteiger partial charge in [-0.05, 0) is 32.0 Å². The Labute approximate surface area is 141 Å². The number of halogens is 1. The maximum atomic E-state index is 12.0. The lowest BCUT2D eigenvalue weighted by atomic mass is 10.3. The fraction of sp³-hybridized carbons (Fsp3) is 0.214. The molecule has 0 atom stereocenters. The predicted octanol–water partition coefficient (Wildman–Crippen LogP) is 0.889. The number of amides is 3. The molecule has 0 saturated heterocycles. The van der Waals surface area contributed by atoms with Crippen LogP contribution < -0.4 is 11.1 Å². The molecule has 0 aromatic carbocycles. The highest BCUT2D eigenvalue weighted by Crippen LogP contribution is 2.18. The van der Waals surface area contributed by atoms with Gasteiger partial charge < -0.3 is 10.5 Å². The molecule has 0 spiro atoms. The largest absolute Gasteiger partial charge is 0.451 e. The molecule has 3 N–H and O–H groups in total. The minimum absolute atomic E-state index is 0.0561. The molecule has 0 bridgehead atoms. The van der Waals surface area contributed by atoms with Gasteiger partial charge in [0.1, 0.15) is 0 Å². The number of hydrogen-bond acceptors (Lipinski definition) is 6. The number of nitrogens with two attached hydrogens (primary N) is 1. The fourth-order valence-electron chi connectivity index (χ4n) is 1.93. The molecule has 0 aliphatic carbocycles. The molecule has 2 aromatic heterocycles. The number of carbonyl (C=O) groups is 3. The number of urea groups is 1. The molecule has 0 unspecified atom stereocenters. The van der Waals surface area contributed by atoms with Crippen molar-refractivity contribution in [3.05, 3.63) is 40.3 Å². The number of nitrogens with zero attached hydrogens (tertiary/aromatic N) is 3. The van der Waals surface area contributed by atoms with Gasteiger partial charge in [-0.25, -0.2) is 19.3 Å². The molecule has 126 valence electrons. The standard InChI is InChI=1S/C14H14ClN5O4/c1-7-5-8(2)20(19-7)10-4-3-9(15)12(17-10)13(22)24-6-11(21)18-14(16)23/h3-5H,6H2,1-2H3,(H3,16,18,21,23). The van der Waals surface area contributed by atoms with Crippen LogP contribution in [0.2, 0.25) is 5.02 Å². The Kier molecular flexibility index (Phi) is 5.14. The summed E-state index contributed by atoms with van der Waals surface area (Å²) in [7, 11) is 0. The smallest absolute Gasteiger partial charge is 0.359 e. The SMILES string of the molecule is Cc1cc(C)n(-c2ccc(Cl)c(C(=O)OCC(=O)NC(N)=O)n2)n1. The van der Waals surface area contributed by atoms with Crippen molar-refractivity contribution in [1.29, 1.82) is 0 Å². The zero-order valence-corrected chi connectivity index (χ0v) is 13.6. The normalized spacial score (nSPS) is 10.3. The molecule has 2 aromatic rings. The number of aryl methyl sites for hydroxylation is 2. The average molecular weight is 352 g/mol. The van der Waals surface area contributed by atoms with Gasteiger partial charge in [0, 0.05) is 5.69 Å². The van der Waals surface area contributed by atoms with Gasteiger partial charge in [-0.2, -0.15) is 5.10 Å². The first kappa shape index (κ1) is 17.4. The molecule has 0 saturated carbocycles. The van der Waals surface area contributed by atoms with Crippen LogP contribution in [-0.2, 0) is 9.53 Å². The first-order chi connectivity index (χ1) is 11.3.